The van der Waals surface area contributed by atoms with E-state index in [0.29, 0.717) is 5.92 Å². The SMILES string of the molecule is OCC1CC2=C1C=CCC2=S. The maximum absolute atomic E-state index is 8.90. The van der Waals surface area contributed by atoms with Gasteiger partial charge in [-0.05, 0) is 17.6 Å². The monoisotopic (exact) mass is 166 g/mol. The van der Waals surface area contributed by atoms with E-state index < -0.39 is 0 Å². The minimum atomic E-state index is 0.270. The predicted octanol–water partition coefficient (Wildman–Crippen LogP) is 1.62. The summed E-state index contributed by atoms with van der Waals surface area (Å²) in [7, 11) is 0. The number of hydrogen-bond donors (Lipinski definition) is 1. The Morgan fingerprint density at radius 3 is 3.18 bits per heavy atom. The van der Waals surface area contributed by atoms with Gasteiger partial charge >= 0.3 is 0 Å². The summed E-state index contributed by atoms with van der Waals surface area (Å²) in [5, 5.41) is 8.90. The topological polar surface area (TPSA) is 20.2 Å². The van der Waals surface area contributed by atoms with Gasteiger partial charge in [0.25, 0.3) is 0 Å². The molecule has 0 saturated carbocycles. The molecule has 0 aromatic heterocycles. The van der Waals surface area contributed by atoms with Crippen LogP contribution in [-0.2, 0) is 0 Å². The Balaban J connectivity index is 2.27. The third-order valence-electron chi connectivity index (χ3n) is 2.40. The van der Waals surface area contributed by atoms with Gasteiger partial charge in [0.05, 0.1) is 6.61 Å². The molecule has 0 amide bonds. The quantitative estimate of drug-likeness (QED) is 0.597. The molecule has 2 aliphatic carbocycles. The van der Waals surface area contributed by atoms with Crippen LogP contribution in [0.2, 0.25) is 0 Å². The Kier molecular flexibility index (Phi) is 1.66. The van der Waals surface area contributed by atoms with E-state index in [-0.39, 0.29) is 6.61 Å². The first kappa shape index (κ1) is 7.19. The highest BCUT2D eigenvalue weighted by Gasteiger charge is 2.30. The summed E-state index contributed by atoms with van der Waals surface area (Å²) >= 11 is 5.17. The second-order valence-electron chi connectivity index (χ2n) is 3.05. The molecule has 0 aliphatic heterocycles. The second kappa shape index (κ2) is 2.54. The molecule has 1 nitrogen and oxygen atoms in total. The lowest BCUT2D eigenvalue weighted by atomic mass is 9.73. The minimum Gasteiger partial charge on any atom is -0.396 e. The van der Waals surface area contributed by atoms with Crippen molar-refractivity contribution in [3.8, 4) is 0 Å². The minimum absolute atomic E-state index is 0.270. The van der Waals surface area contributed by atoms with E-state index in [0.717, 1.165) is 17.7 Å². The van der Waals surface area contributed by atoms with Crippen LogP contribution in [0.5, 0.6) is 0 Å². The first-order valence-corrected chi connectivity index (χ1v) is 4.27. The van der Waals surface area contributed by atoms with Crippen molar-refractivity contribution in [1.29, 1.82) is 0 Å². The van der Waals surface area contributed by atoms with Crippen LogP contribution in [0.25, 0.3) is 0 Å². The molecule has 0 spiro atoms. The number of aliphatic hydroxyl groups is 1. The van der Waals surface area contributed by atoms with Crippen molar-refractivity contribution in [2.24, 2.45) is 5.92 Å². The maximum atomic E-state index is 8.90. The summed E-state index contributed by atoms with van der Waals surface area (Å²) in [5.74, 6) is 0.375. The Morgan fingerprint density at radius 2 is 2.45 bits per heavy atom. The summed E-state index contributed by atoms with van der Waals surface area (Å²) in [4.78, 5) is 1.08. The average molecular weight is 166 g/mol. The van der Waals surface area contributed by atoms with Gasteiger partial charge in [-0.15, -0.1) is 0 Å². The molecule has 2 heteroatoms. The first-order valence-electron chi connectivity index (χ1n) is 3.86. The number of rotatable bonds is 1. The molecule has 0 fully saturated rings. The van der Waals surface area contributed by atoms with Crippen LogP contribution in [0.1, 0.15) is 12.8 Å². The highest BCUT2D eigenvalue weighted by Crippen LogP contribution is 2.39. The zero-order chi connectivity index (χ0) is 7.84. The zero-order valence-electron chi connectivity index (χ0n) is 6.21. The van der Waals surface area contributed by atoms with Crippen LogP contribution in [0.4, 0.5) is 0 Å². The molecule has 0 heterocycles. The fourth-order valence-corrected chi connectivity index (χ4v) is 1.98. The van der Waals surface area contributed by atoms with Gasteiger partial charge in [0, 0.05) is 17.2 Å². The number of thiocarbonyl (C=S) groups is 1. The van der Waals surface area contributed by atoms with E-state index in [9.17, 15) is 0 Å². The van der Waals surface area contributed by atoms with E-state index in [1.54, 1.807) is 0 Å². The van der Waals surface area contributed by atoms with Crippen molar-refractivity contribution in [3.05, 3.63) is 23.3 Å². The van der Waals surface area contributed by atoms with Gasteiger partial charge in [-0.1, -0.05) is 24.4 Å². The summed E-state index contributed by atoms with van der Waals surface area (Å²) in [5.41, 5.74) is 2.60. The van der Waals surface area contributed by atoms with Gasteiger partial charge < -0.3 is 5.11 Å². The summed E-state index contributed by atoms with van der Waals surface area (Å²) in [6.07, 6.45) is 6.11. The van der Waals surface area contributed by atoms with E-state index in [1.165, 1.54) is 11.1 Å². The molecule has 11 heavy (non-hydrogen) atoms. The molecule has 2 rings (SSSR count). The van der Waals surface area contributed by atoms with Crippen molar-refractivity contribution in [2.45, 2.75) is 12.8 Å². The fourth-order valence-electron chi connectivity index (χ4n) is 1.68. The van der Waals surface area contributed by atoms with Crippen molar-refractivity contribution >= 4 is 17.1 Å². The summed E-state index contributed by atoms with van der Waals surface area (Å²) in [6.45, 7) is 0.270. The van der Waals surface area contributed by atoms with E-state index in [2.05, 4.69) is 12.2 Å². The molecule has 0 aromatic carbocycles. The average Bonchev–Trinajstić information content (AvgIpc) is 1.95. The Hall–Kier alpha value is -0.470. The Bertz CT molecular complexity index is 263. The van der Waals surface area contributed by atoms with Crippen LogP contribution < -0.4 is 0 Å². The lowest BCUT2D eigenvalue weighted by molar-refractivity contribution is 0.236. The maximum Gasteiger partial charge on any atom is 0.0503 e. The number of allylic oxidation sites excluding steroid dienone is 3. The summed E-state index contributed by atoms with van der Waals surface area (Å²) in [6, 6.07) is 0. The first-order chi connectivity index (χ1) is 5.33. The van der Waals surface area contributed by atoms with Crippen molar-refractivity contribution in [1.82, 2.24) is 0 Å². The lowest BCUT2D eigenvalue weighted by Gasteiger charge is -2.33. The molecular formula is C9H10OS. The predicted molar refractivity (Wildman–Crippen MR) is 48.6 cm³/mol. The molecule has 1 N–H and O–H groups in total. The van der Waals surface area contributed by atoms with Crippen LogP contribution in [0.15, 0.2) is 23.3 Å². The van der Waals surface area contributed by atoms with Gasteiger partial charge in [-0.2, -0.15) is 0 Å². The van der Waals surface area contributed by atoms with Crippen LogP contribution in [-0.4, -0.2) is 16.6 Å². The number of aliphatic hydroxyl groups excluding tert-OH is 1. The van der Waals surface area contributed by atoms with Gasteiger partial charge in [0.2, 0.25) is 0 Å². The lowest BCUT2D eigenvalue weighted by Crippen LogP contribution is -2.26. The van der Waals surface area contributed by atoms with Gasteiger partial charge in [0.1, 0.15) is 0 Å². The van der Waals surface area contributed by atoms with E-state index >= 15 is 0 Å². The van der Waals surface area contributed by atoms with Gasteiger partial charge in [0.15, 0.2) is 0 Å². The van der Waals surface area contributed by atoms with Crippen LogP contribution >= 0.6 is 12.2 Å². The molecule has 0 aromatic rings. The third-order valence-corrected chi connectivity index (χ3v) is 2.81. The second-order valence-corrected chi connectivity index (χ2v) is 3.54. The Morgan fingerprint density at radius 1 is 1.64 bits per heavy atom. The van der Waals surface area contributed by atoms with Crippen LogP contribution in [0, 0.1) is 5.92 Å². The molecule has 0 bridgehead atoms. The fraction of sp³-hybridized carbons (Fsp3) is 0.444. The molecule has 2 aliphatic rings. The van der Waals surface area contributed by atoms with Gasteiger partial charge in [-0.25, -0.2) is 0 Å². The van der Waals surface area contributed by atoms with Gasteiger partial charge in [-0.3, -0.25) is 0 Å². The Labute approximate surface area is 71.4 Å². The smallest absolute Gasteiger partial charge is 0.0503 e. The zero-order valence-corrected chi connectivity index (χ0v) is 7.03. The van der Waals surface area contributed by atoms with Crippen molar-refractivity contribution in [2.75, 3.05) is 6.61 Å². The summed E-state index contributed by atoms with van der Waals surface area (Å²) < 4.78 is 0. The van der Waals surface area contributed by atoms with E-state index in [1.807, 2.05) is 0 Å². The molecular weight excluding hydrogens is 156 g/mol. The normalized spacial score (nSPS) is 28.5. The molecule has 58 valence electrons. The molecule has 1 unspecified atom stereocenters. The highest BCUT2D eigenvalue weighted by atomic mass is 32.1. The molecule has 0 saturated heterocycles. The van der Waals surface area contributed by atoms with Crippen molar-refractivity contribution in [3.63, 3.8) is 0 Å². The molecule has 0 radical (unpaired) electrons. The van der Waals surface area contributed by atoms with Crippen molar-refractivity contribution < 1.29 is 5.11 Å². The third kappa shape index (κ3) is 0.976. The van der Waals surface area contributed by atoms with E-state index in [4.69, 9.17) is 17.3 Å². The standard InChI is InChI=1S/C9H10OS/c10-5-6-4-8-7(6)2-1-3-9(8)11/h1-2,6,10H,3-5H2. The molecule has 1 atom stereocenters. The van der Waals surface area contributed by atoms with Crippen LogP contribution in [0.3, 0.4) is 0 Å². The highest BCUT2D eigenvalue weighted by molar-refractivity contribution is 7.80. The number of hydrogen-bond acceptors (Lipinski definition) is 2. The largest absolute Gasteiger partial charge is 0.396 e.